The largest absolute Gasteiger partial charge is 0.478 e. The molecule has 0 saturated heterocycles. The first-order chi connectivity index (χ1) is 17.9. The fourth-order valence-corrected chi connectivity index (χ4v) is 4.18. The van der Waals surface area contributed by atoms with Crippen LogP contribution in [0.3, 0.4) is 0 Å². The number of carbonyl (C=O) groups excluding carboxylic acids is 1. The lowest BCUT2D eigenvalue weighted by molar-refractivity contribution is -0.120. The van der Waals surface area contributed by atoms with Crippen LogP contribution in [-0.2, 0) is 11.2 Å². The van der Waals surface area contributed by atoms with Crippen molar-refractivity contribution in [2.45, 2.75) is 32.3 Å². The number of benzene rings is 3. The van der Waals surface area contributed by atoms with Gasteiger partial charge in [-0.05, 0) is 84.5 Å². The van der Waals surface area contributed by atoms with Crippen molar-refractivity contribution in [3.8, 4) is 16.9 Å². The molecule has 0 fully saturated rings. The Morgan fingerprint density at radius 1 is 1.03 bits per heavy atom. The van der Waals surface area contributed by atoms with E-state index in [4.69, 9.17) is 14.4 Å². The van der Waals surface area contributed by atoms with Gasteiger partial charge in [-0.25, -0.2) is 9.93 Å². The molecule has 0 aliphatic rings. The minimum Gasteiger partial charge on any atom is -0.478 e. The molecule has 1 amide bonds. The number of aromatic carboxylic acids is 1. The number of hydrogen-bond donors (Lipinski definition) is 5. The van der Waals surface area contributed by atoms with E-state index < -0.39 is 12.1 Å². The van der Waals surface area contributed by atoms with E-state index in [1.807, 2.05) is 49.4 Å². The van der Waals surface area contributed by atoms with Crippen molar-refractivity contribution in [2.24, 2.45) is 5.14 Å². The second-order valence-electron chi connectivity index (χ2n) is 8.69. The average Bonchev–Trinajstić information content (AvgIpc) is 2.89. The van der Waals surface area contributed by atoms with Crippen LogP contribution in [0.25, 0.3) is 11.1 Å². The number of aryl methyl sites for hydroxylation is 1. The van der Waals surface area contributed by atoms with Gasteiger partial charge in [0.05, 0.1) is 11.7 Å². The maximum atomic E-state index is 12.1. The summed E-state index contributed by atoms with van der Waals surface area (Å²) in [6.45, 7) is 3.59. The number of carboxylic acids is 1. The molecule has 0 aliphatic heterocycles. The zero-order valence-corrected chi connectivity index (χ0v) is 21.6. The van der Waals surface area contributed by atoms with Crippen LogP contribution in [0.1, 0.15) is 46.0 Å². The summed E-state index contributed by atoms with van der Waals surface area (Å²) in [4.78, 5) is 23.0. The third kappa shape index (κ3) is 8.91. The Bertz CT molecular complexity index is 1190. The molecule has 0 radical (unpaired) electrons. The predicted octanol–water partition coefficient (Wildman–Crippen LogP) is 4.02. The van der Waals surface area contributed by atoms with Crippen LogP contribution in [0.15, 0.2) is 66.7 Å². The molecule has 3 aromatic rings. The fraction of sp³-hybridized carbons (Fsp3) is 0.286. The normalized spacial score (nSPS) is 11.6. The average molecular weight is 524 g/mol. The summed E-state index contributed by atoms with van der Waals surface area (Å²) in [5.41, 5.74) is 5.18. The third-order valence-electron chi connectivity index (χ3n) is 5.98. The highest BCUT2D eigenvalue weighted by molar-refractivity contribution is 7.92. The van der Waals surface area contributed by atoms with E-state index in [0.29, 0.717) is 44.6 Å². The summed E-state index contributed by atoms with van der Waals surface area (Å²) >= 11 is 0.811. The highest BCUT2D eigenvalue weighted by Gasteiger charge is 2.11. The first-order valence-electron chi connectivity index (χ1n) is 12.1. The highest BCUT2D eigenvalue weighted by atomic mass is 32.2. The van der Waals surface area contributed by atoms with Crippen LogP contribution in [0.2, 0.25) is 0 Å². The van der Waals surface area contributed by atoms with Gasteiger partial charge in [-0.15, -0.1) is 0 Å². The Morgan fingerprint density at radius 2 is 1.81 bits per heavy atom. The summed E-state index contributed by atoms with van der Waals surface area (Å²) < 4.78 is 5.27. The number of hydrogen-bond acceptors (Lipinski definition) is 7. The number of carbonyl (C=O) groups is 2. The van der Waals surface area contributed by atoms with Crippen molar-refractivity contribution in [3.63, 3.8) is 0 Å². The maximum Gasteiger partial charge on any atom is 0.335 e. The van der Waals surface area contributed by atoms with Crippen LogP contribution in [0.5, 0.6) is 5.75 Å². The molecule has 0 aromatic heterocycles. The van der Waals surface area contributed by atoms with Crippen molar-refractivity contribution < 1.29 is 24.0 Å². The molecular weight excluding hydrogens is 490 g/mol. The minimum atomic E-state index is -0.955. The number of rotatable bonds is 14. The molecule has 1 unspecified atom stereocenters. The molecule has 8 nitrogen and oxygen atoms in total. The van der Waals surface area contributed by atoms with E-state index in [0.717, 1.165) is 40.0 Å². The molecule has 9 heteroatoms. The second kappa shape index (κ2) is 14.4. The zero-order chi connectivity index (χ0) is 26.6. The Labute approximate surface area is 221 Å². The SMILES string of the molecule is Cc1cc(OSN)ccc1-c1cccc(C(O)CCNCCC(=O)NCCc2ccc(C(=O)O)cc2)c1. The Kier molecular flexibility index (Phi) is 11.0. The molecule has 0 heterocycles. The van der Waals surface area contributed by atoms with Crippen LogP contribution < -0.4 is 20.0 Å². The van der Waals surface area contributed by atoms with Crippen LogP contribution >= 0.6 is 12.2 Å². The second-order valence-corrected chi connectivity index (χ2v) is 9.05. The minimum absolute atomic E-state index is 0.0558. The Hall–Kier alpha value is -3.37. The van der Waals surface area contributed by atoms with Crippen molar-refractivity contribution >= 4 is 24.1 Å². The van der Waals surface area contributed by atoms with Crippen LogP contribution in [0, 0.1) is 6.92 Å². The molecule has 196 valence electrons. The zero-order valence-electron chi connectivity index (χ0n) is 20.8. The molecule has 0 aliphatic carbocycles. The number of carboxylic acid groups (broad SMARTS) is 1. The van der Waals surface area contributed by atoms with Gasteiger partial charge in [0.25, 0.3) is 0 Å². The van der Waals surface area contributed by atoms with Crippen molar-refractivity contribution in [1.29, 1.82) is 0 Å². The molecule has 6 N–H and O–H groups in total. The Balaban J connectivity index is 1.36. The number of nitrogens with one attached hydrogen (secondary N) is 2. The molecule has 0 spiro atoms. The van der Waals surface area contributed by atoms with Gasteiger partial charge in [0, 0.05) is 19.5 Å². The van der Waals surface area contributed by atoms with Crippen molar-refractivity contribution in [1.82, 2.24) is 10.6 Å². The van der Waals surface area contributed by atoms with Crippen molar-refractivity contribution in [3.05, 3.63) is 89.0 Å². The summed E-state index contributed by atoms with van der Waals surface area (Å²) in [6.07, 6.45) is 0.877. The van der Waals surface area contributed by atoms with Gasteiger partial charge in [-0.2, -0.15) is 0 Å². The standard InChI is InChI=1S/C28H33N3O5S/c1-19-17-24(36-37-29)9-10-25(19)22-3-2-4-23(18-22)26(32)12-14-30-15-13-27(33)31-16-11-20-5-7-21(8-6-20)28(34)35/h2-10,17-18,26,30,32H,11-16,29H2,1H3,(H,31,33)(H,34,35). The Morgan fingerprint density at radius 3 is 2.51 bits per heavy atom. The molecule has 0 saturated carbocycles. The van der Waals surface area contributed by atoms with Gasteiger partial charge in [-0.3, -0.25) is 4.79 Å². The van der Waals surface area contributed by atoms with Gasteiger partial charge in [-0.1, -0.05) is 36.4 Å². The monoisotopic (exact) mass is 523 g/mol. The topological polar surface area (TPSA) is 134 Å². The summed E-state index contributed by atoms with van der Waals surface area (Å²) in [7, 11) is 0. The van der Waals surface area contributed by atoms with E-state index in [-0.39, 0.29) is 11.5 Å². The molecule has 3 aromatic carbocycles. The fourth-order valence-electron chi connectivity index (χ4n) is 3.96. The van der Waals surface area contributed by atoms with E-state index in [1.165, 1.54) is 0 Å². The molecule has 3 rings (SSSR count). The van der Waals surface area contributed by atoms with E-state index >= 15 is 0 Å². The summed E-state index contributed by atoms with van der Waals surface area (Å²) in [5, 5.41) is 31.0. The van der Waals surface area contributed by atoms with Gasteiger partial charge >= 0.3 is 5.97 Å². The van der Waals surface area contributed by atoms with Crippen LogP contribution in [-0.4, -0.2) is 41.7 Å². The molecule has 1 atom stereocenters. The summed E-state index contributed by atoms with van der Waals surface area (Å²) in [5.74, 6) is -0.319. The van der Waals surface area contributed by atoms with E-state index in [9.17, 15) is 14.7 Å². The predicted molar refractivity (Wildman–Crippen MR) is 146 cm³/mol. The van der Waals surface area contributed by atoms with Crippen LogP contribution in [0.4, 0.5) is 0 Å². The van der Waals surface area contributed by atoms with Gasteiger partial charge in [0.1, 0.15) is 18.0 Å². The lowest BCUT2D eigenvalue weighted by Crippen LogP contribution is -2.29. The first kappa shape index (κ1) is 28.2. The third-order valence-corrected chi connectivity index (χ3v) is 6.27. The van der Waals surface area contributed by atoms with E-state index in [1.54, 1.807) is 24.3 Å². The molecule has 0 bridgehead atoms. The number of nitrogens with two attached hydrogens (primary N) is 1. The number of aliphatic hydroxyl groups is 1. The smallest absolute Gasteiger partial charge is 0.335 e. The quantitative estimate of drug-likeness (QED) is 0.122. The van der Waals surface area contributed by atoms with Gasteiger partial charge < -0.3 is 25.0 Å². The number of aliphatic hydroxyl groups excluding tert-OH is 1. The first-order valence-corrected chi connectivity index (χ1v) is 12.9. The van der Waals surface area contributed by atoms with Gasteiger partial charge in [0.2, 0.25) is 5.91 Å². The lowest BCUT2D eigenvalue weighted by atomic mass is 9.96. The highest BCUT2D eigenvalue weighted by Crippen LogP contribution is 2.30. The summed E-state index contributed by atoms with van der Waals surface area (Å²) in [6, 6.07) is 20.3. The number of amides is 1. The van der Waals surface area contributed by atoms with Gasteiger partial charge in [0.15, 0.2) is 0 Å². The van der Waals surface area contributed by atoms with E-state index in [2.05, 4.69) is 10.6 Å². The molecular formula is C28H33N3O5S. The molecule has 37 heavy (non-hydrogen) atoms. The maximum absolute atomic E-state index is 12.1. The van der Waals surface area contributed by atoms with Crippen molar-refractivity contribution in [2.75, 3.05) is 19.6 Å². The lowest BCUT2D eigenvalue weighted by Gasteiger charge is -2.14.